The maximum absolute atomic E-state index is 12.5. The Hall–Kier alpha value is -3.09. The number of hydrogen-bond donors (Lipinski definition) is 2. The van der Waals surface area contributed by atoms with Crippen LogP contribution in [0, 0.1) is 0 Å². The van der Waals surface area contributed by atoms with E-state index in [4.69, 9.17) is 5.73 Å². The standard InChI is InChI=1S/C17H13F3N2O2/c18-17(19,20)12-8-5-11(6-9-12)7-10-15(23)22-14-4-2-1-3-13(14)16(21)24/h1-10H,(H2,21,24)(H,22,23). The van der Waals surface area contributed by atoms with E-state index in [1.807, 2.05) is 0 Å². The summed E-state index contributed by atoms with van der Waals surface area (Å²) in [6.45, 7) is 0. The molecular weight excluding hydrogens is 321 g/mol. The van der Waals surface area contributed by atoms with Gasteiger partial charge in [-0.3, -0.25) is 9.59 Å². The molecule has 2 aromatic carbocycles. The first-order valence-corrected chi connectivity index (χ1v) is 6.82. The SMILES string of the molecule is NC(=O)c1ccccc1NC(=O)C=Cc1ccc(C(F)(F)F)cc1. The third-order valence-electron chi connectivity index (χ3n) is 3.12. The van der Waals surface area contributed by atoms with Crippen LogP contribution in [0.15, 0.2) is 54.6 Å². The summed E-state index contributed by atoms with van der Waals surface area (Å²) in [5.41, 5.74) is 5.29. The van der Waals surface area contributed by atoms with Gasteiger partial charge in [0.2, 0.25) is 5.91 Å². The number of nitrogens with two attached hydrogens (primary N) is 1. The normalized spacial score (nSPS) is 11.5. The van der Waals surface area contributed by atoms with Gasteiger partial charge in [-0.05, 0) is 35.9 Å². The fraction of sp³-hybridized carbons (Fsp3) is 0.0588. The Labute approximate surface area is 135 Å². The fourth-order valence-electron chi connectivity index (χ4n) is 1.94. The molecule has 2 rings (SSSR count). The van der Waals surface area contributed by atoms with Crippen molar-refractivity contribution in [2.24, 2.45) is 5.73 Å². The molecule has 0 radical (unpaired) electrons. The highest BCUT2D eigenvalue weighted by Gasteiger charge is 2.29. The lowest BCUT2D eigenvalue weighted by atomic mass is 10.1. The topological polar surface area (TPSA) is 72.2 Å². The molecule has 0 heterocycles. The first-order chi connectivity index (χ1) is 11.3. The summed E-state index contributed by atoms with van der Waals surface area (Å²) in [5.74, 6) is -1.22. The minimum absolute atomic E-state index is 0.161. The number of hydrogen-bond acceptors (Lipinski definition) is 2. The van der Waals surface area contributed by atoms with Crippen LogP contribution in [0.5, 0.6) is 0 Å². The van der Waals surface area contributed by atoms with Crippen molar-refractivity contribution in [1.82, 2.24) is 0 Å². The van der Waals surface area contributed by atoms with Crippen molar-refractivity contribution in [3.05, 3.63) is 71.3 Å². The average molecular weight is 334 g/mol. The van der Waals surface area contributed by atoms with Gasteiger partial charge in [-0.2, -0.15) is 13.2 Å². The molecule has 3 N–H and O–H groups in total. The molecule has 2 aromatic rings. The summed E-state index contributed by atoms with van der Waals surface area (Å²) in [6, 6.07) is 10.6. The number of para-hydroxylation sites is 1. The van der Waals surface area contributed by atoms with Crippen LogP contribution in [0.4, 0.5) is 18.9 Å². The van der Waals surface area contributed by atoms with Crippen LogP contribution in [-0.2, 0) is 11.0 Å². The van der Waals surface area contributed by atoms with Crippen molar-refractivity contribution < 1.29 is 22.8 Å². The summed E-state index contributed by atoms with van der Waals surface area (Å²) in [6.07, 6.45) is -1.89. The monoisotopic (exact) mass is 334 g/mol. The van der Waals surface area contributed by atoms with Crippen molar-refractivity contribution in [3.63, 3.8) is 0 Å². The number of primary amides is 1. The molecule has 124 valence electrons. The second-order valence-corrected chi connectivity index (χ2v) is 4.85. The number of carbonyl (C=O) groups excluding carboxylic acids is 2. The zero-order chi connectivity index (χ0) is 17.7. The summed E-state index contributed by atoms with van der Waals surface area (Å²) in [7, 11) is 0. The zero-order valence-electron chi connectivity index (χ0n) is 12.3. The highest BCUT2D eigenvalue weighted by atomic mass is 19.4. The van der Waals surface area contributed by atoms with Crippen LogP contribution in [0.25, 0.3) is 6.08 Å². The Morgan fingerprint density at radius 2 is 1.62 bits per heavy atom. The van der Waals surface area contributed by atoms with Crippen molar-refractivity contribution >= 4 is 23.6 Å². The largest absolute Gasteiger partial charge is 0.416 e. The maximum atomic E-state index is 12.5. The lowest BCUT2D eigenvalue weighted by Gasteiger charge is -2.07. The van der Waals surface area contributed by atoms with Gasteiger partial charge in [0, 0.05) is 6.08 Å². The lowest BCUT2D eigenvalue weighted by molar-refractivity contribution is -0.137. The molecule has 0 aliphatic heterocycles. The third kappa shape index (κ3) is 4.45. The van der Waals surface area contributed by atoms with Gasteiger partial charge in [0.25, 0.3) is 5.91 Å². The average Bonchev–Trinajstić information content (AvgIpc) is 2.53. The van der Waals surface area contributed by atoms with Gasteiger partial charge in [-0.1, -0.05) is 24.3 Å². The summed E-state index contributed by atoms with van der Waals surface area (Å²) in [4.78, 5) is 23.1. The molecule has 0 aliphatic rings. The number of carbonyl (C=O) groups is 2. The van der Waals surface area contributed by atoms with E-state index >= 15 is 0 Å². The molecule has 0 atom stereocenters. The molecule has 0 fully saturated rings. The summed E-state index contributed by atoms with van der Waals surface area (Å²) >= 11 is 0. The number of rotatable bonds is 4. The number of benzene rings is 2. The van der Waals surface area contributed by atoms with E-state index in [1.165, 1.54) is 30.3 Å². The first-order valence-electron chi connectivity index (χ1n) is 6.82. The minimum atomic E-state index is -4.40. The maximum Gasteiger partial charge on any atom is 0.416 e. The second-order valence-electron chi connectivity index (χ2n) is 4.85. The van der Waals surface area contributed by atoms with Gasteiger partial charge in [-0.25, -0.2) is 0 Å². The molecule has 24 heavy (non-hydrogen) atoms. The van der Waals surface area contributed by atoms with E-state index < -0.39 is 23.6 Å². The predicted molar refractivity (Wildman–Crippen MR) is 84.1 cm³/mol. The van der Waals surface area contributed by atoms with Crippen molar-refractivity contribution in [1.29, 1.82) is 0 Å². The minimum Gasteiger partial charge on any atom is -0.366 e. The number of halogens is 3. The van der Waals surface area contributed by atoms with Gasteiger partial charge in [0.1, 0.15) is 0 Å². The molecule has 2 amide bonds. The van der Waals surface area contributed by atoms with Crippen LogP contribution >= 0.6 is 0 Å². The van der Waals surface area contributed by atoms with Crippen LogP contribution in [-0.4, -0.2) is 11.8 Å². The number of amides is 2. The molecule has 0 unspecified atom stereocenters. The Morgan fingerprint density at radius 3 is 2.21 bits per heavy atom. The Morgan fingerprint density at radius 1 is 1.00 bits per heavy atom. The Balaban J connectivity index is 2.07. The molecular formula is C17H13F3N2O2. The third-order valence-corrected chi connectivity index (χ3v) is 3.12. The quantitative estimate of drug-likeness (QED) is 0.841. The number of alkyl halides is 3. The molecule has 0 spiro atoms. The van der Waals surface area contributed by atoms with E-state index in [0.29, 0.717) is 5.56 Å². The predicted octanol–water partition coefficient (Wildman–Crippen LogP) is 3.46. The van der Waals surface area contributed by atoms with E-state index in [0.717, 1.165) is 18.2 Å². The smallest absolute Gasteiger partial charge is 0.366 e. The summed E-state index contributed by atoms with van der Waals surface area (Å²) < 4.78 is 37.4. The van der Waals surface area contributed by atoms with Gasteiger partial charge in [-0.15, -0.1) is 0 Å². The lowest BCUT2D eigenvalue weighted by Crippen LogP contribution is -2.16. The van der Waals surface area contributed by atoms with Crippen molar-refractivity contribution in [2.75, 3.05) is 5.32 Å². The Kier molecular flexibility index (Phi) is 5.03. The van der Waals surface area contributed by atoms with Crippen LogP contribution in [0.3, 0.4) is 0 Å². The van der Waals surface area contributed by atoms with Gasteiger partial charge >= 0.3 is 6.18 Å². The van der Waals surface area contributed by atoms with E-state index in [9.17, 15) is 22.8 Å². The van der Waals surface area contributed by atoms with Crippen LogP contribution in [0.2, 0.25) is 0 Å². The molecule has 0 aromatic heterocycles. The van der Waals surface area contributed by atoms with Crippen LogP contribution < -0.4 is 11.1 Å². The molecule has 4 nitrogen and oxygen atoms in total. The number of nitrogens with one attached hydrogen (secondary N) is 1. The van der Waals surface area contributed by atoms with Gasteiger partial charge in [0.05, 0.1) is 16.8 Å². The van der Waals surface area contributed by atoms with Crippen molar-refractivity contribution in [2.45, 2.75) is 6.18 Å². The molecule has 0 bridgehead atoms. The van der Waals surface area contributed by atoms with Crippen LogP contribution in [0.1, 0.15) is 21.5 Å². The van der Waals surface area contributed by atoms with E-state index in [1.54, 1.807) is 12.1 Å². The molecule has 7 heteroatoms. The molecule has 0 saturated carbocycles. The van der Waals surface area contributed by atoms with Crippen molar-refractivity contribution in [3.8, 4) is 0 Å². The fourth-order valence-corrected chi connectivity index (χ4v) is 1.94. The highest BCUT2D eigenvalue weighted by molar-refractivity contribution is 6.07. The second kappa shape index (κ2) is 6.99. The molecule has 0 saturated heterocycles. The van der Waals surface area contributed by atoms with Gasteiger partial charge < -0.3 is 11.1 Å². The van der Waals surface area contributed by atoms with E-state index in [-0.39, 0.29) is 11.3 Å². The zero-order valence-corrected chi connectivity index (χ0v) is 12.3. The summed E-state index contributed by atoms with van der Waals surface area (Å²) in [5, 5.41) is 2.49. The molecule has 0 aliphatic carbocycles. The Bertz CT molecular complexity index is 781. The van der Waals surface area contributed by atoms with E-state index in [2.05, 4.69) is 5.32 Å². The first kappa shape index (κ1) is 17.3. The number of anilines is 1. The highest BCUT2D eigenvalue weighted by Crippen LogP contribution is 2.29. The van der Waals surface area contributed by atoms with Gasteiger partial charge in [0.15, 0.2) is 0 Å².